The standard InChI is InChI=1S/C17H21NOS/c1-19-17-6-2-4-13-12-14(7-8-16(13)17)18-10-9-15-5-3-11-20-15/h2-6,11,14,18H,7-10,12H2,1H3. The fourth-order valence-corrected chi connectivity index (χ4v) is 3.70. The number of thiophene rings is 1. The number of fused-ring (bicyclic) bond motifs is 1. The lowest BCUT2D eigenvalue weighted by molar-refractivity contribution is 0.397. The van der Waals surface area contributed by atoms with Gasteiger partial charge in [-0.1, -0.05) is 18.2 Å². The second-order valence-corrected chi connectivity index (χ2v) is 6.35. The summed E-state index contributed by atoms with van der Waals surface area (Å²) in [6.45, 7) is 1.07. The number of rotatable bonds is 5. The Bertz CT molecular complexity index is 550. The molecule has 1 aliphatic carbocycles. The molecule has 0 amide bonds. The van der Waals surface area contributed by atoms with Crippen LogP contribution in [0.5, 0.6) is 5.75 Å². The highest BCUT2D eigenvalue weighted by molar-refractivity contribution is 7.09. The molecule has 0 aliphatic heterocycles. The Morgan fingerprint density at radius 1 is 1.30 bits per heavy atom. The van der Waals surface area contributed by atoms with Gasteiger partial charge in [0.05, 0.1) is 7.11 Å². The highest BCUT2D eigenvalue weighted by Crippen LogP contribution is 2.29. The van der Waals surface area contributed by atoms with E-state index < -0.39 is 0 Å². The summed E-state index contributed by atoms with van der Waals surface area (Å²) in [6.07, 6.45) is 4.59. The molecule has 0 saturated carbocycles. The van der Waals surface area contributed by atoms with E-state index in [2.05, 4.69) is 41.0 Å². The van der Waals surface area contributed by atoms with Gasteiger partial charge in [-0.15, -0.1) is 11.3 Å². The van der Waals surface area contributed by atoms with Crippen molar-refractivity contribution in [2.75, 3.05) is 13.7 Å². The third-order valence-electron chi connectivity index (χ3n) is 4.04. The summed E-state index contributed by atoms with van der Waals surface area (Å²) in [6, 6.07) is 11.4. The normalized spacial score (nSPS) is 17.8. The first-order chi connectivity index (χ1) is 9.86. The molecule has 1 aromatic heterocycles. The molecule has 1 heterocycles. The van der Waals surface area contributed by atoms with Crippen molar-refractivity contribution < 1.29 is 4.74 Å². The van der Waals surface area contributed by atoms with Crippen LogP contribution in [0, 0.1) is 0 Å². The van der Waals surface area contributed by atoms with Gasteiger partial charge in [-0.3, -0.25) is 0 Å². The van der Waals surface area contributed by atoms with E-state index >= 15 is 0 Å². The first-order valence-corrected chi connectivity index (χ1v) is 8.15. The van der Waals surface area contributed by atoms with Crippen molar-refractivity contribution in [3.63, 3.8) is 0 Å². The Kier molecular flexibility index (Phi) is 4.38. The summed E-state index contributed by atoms with van der Waals surface area (Å²) in [7, 11) is 1.76. The molecule has 1 atom stereocenters. The highest BCUT2D eigenvalue weighted by Gasteiger charge is 2.20. The van der Waals surface area contributed by atoms with Gasteiger partial charge < -0.3 is 10.1 Å². The molecule has 1 unspecified atom stereocenters. The number of ether oxygens (including phenoxy) is 1. The molecule has 0 saturated heterocycles. The van der Waals surface area contributed by atoms with Crippen LogP contribution in [0.25, 0.3) is 0 Å². The molecular weight excluding hydrogens is 266 g/mol. The van der Waals surface area contributed by atoms with E-state index in [0.717, 1.165) is 31.6 Å². The Balaban J connectivity index is 1.56. The SMILES string of the molecule is COc1cccc2c1CCC(NCCc1cccs1)C2. The predicted octanol–water partition coefficient (Wildman–Crippen LogP) is 3.45. The Hall–Kier alpha value is -1.32. The maximum Gasteiger partial charge on any atom is 0.122 e. The van der Waals surface area contributed by atoms with Gasteiger partial charge in [0.2, 0.25) is 0 Å². The molecular formula is C17H21NOS. The van der Waals surface area contributed by atoms with Crippen molar-refractivity contribution in [1.29, 1.82) is 0 Å². The summed E-state index contributed by atoms with van der Waals surface area (Å²) in [5, 5.41) is 5.86. The van der Waals surface area contributed by atoms with Crippen LogP contribution < -0.4 is 10.1 Å². The monoisotopic (exact) mass is 287 g/mol. The van der Waals surface area contributed by atoms with Gasteiger partial charge >= 0.3 is 0 Å². The number of methoxy groups -OCH3 is 1. The Labute approximate surface area is 124 Å². The summed E-state index contributed by atoms with van der Waals surface area (Å²) < 4.78 is 5.46. The highest BCUT2D eigenvalue weighted by atomic mass is 32.1. The maximum absolute atomic E-state index is 5.46. The summed E-state index contributed by atoms with van der Waals surface area (Å²) in [5.74, 6) is 1.06. The zero-order valence-electron chi connectivity index (χ0n) is 11.9. The van der Waals surface area contributed by atoms with E-state index in [0.29, 0.717) is 6.04 Å². The van der Waals surface area contributed by atoms with E-state index in [1.54, 1.807) is 7.11 Å². The smallest absolute Gasteiger partial charge is 0.122 e. The third-order valence-corrected chi connectivity index (χ3v) is 4.98. The number of hydrogen-bond acceptors (Lipinski definition) is 3. The molecule has 20 heavy (non-hydrogen) atoms. The van der Waals surface area contributed by atoms with Crippen molar-refractivity contribution >= 4 is 11.3 Å². The topological polar surface area (TPSA) is 21.3 Å². The third kappa shape index (κ3) is 3.05. The van der Waals surface area contributed by atoms with Crippen molar-refractivity contribution in [3.05, 3.63) is 51.7 Å². The quantitative estimate of drug-likeness (QED) is 0.909. The molecule has 106 valence electrons. The Morgan fingerprint density at radius 3 is 3.05 bits per heavy atom. The van der Waals surface area contributed by atoms with Crippen LogP contribution in [0.2, 0.25) is 0 Å². The lowest BCUT2D eigenvalue weighted by Crippen LogP contribution is -2.35. The number of nitrogens with one attached hydrogen (secondary N) is 1. The molecule has 1 N–H and O–H groups in total. The minimum absolute atomic E-state index is 0.606. The van der Waals surface area contributed by atoms with E-state index in [1.807, 2.05) is 11.3 Å². The van der Waals surface area contributed by atoms with Crippen LogP contribution in [0.15, 0.2) is 35.7 Å². The largest absolute Gasteiger partial charge is 0.496 e. The van der Waals surface area contributed by atoms with Crippen molar-refractivity contribution in [2.45, 2.75) is 31.7 Å². The molecule has 3 heteroatoms. The summed E-state index contributed by atoms with van der Waals surface area (Å²) >= 11 is 1.85. The van der Waals surface area contributed by atoms with Gasteiger partial charge in [0.25, 0.3) is 0 Å². The summed E-state index contributed by atoms with van der Waals surface area (Å²) in [5.41, 5.74) is 2.86. The van der Waals surface area contributed by atoms with Gasteiger partial charge in [0.15, 0.2) is 0 Å². The minimum Gasteiger partial charge on any atom is -0.496 e. The van der Waals surface area contributed by atoms with Crippen LogP contribution in [-0.2, 0) is 19.3 Å². The fourth-order valence-electron chi connectivity index (χ4n) is 2.99. The predicted molar refractivity (Wildman–Crippen MR) is 84.8 cm³/mol. The molecule has 1 aromatic carbocycles. The van der Waals surface area contributed by atoms with Gasteiger partial charge in [0, 0.05) is 17.5 Å². The molecule has 0 bridgehead atoms. The van der Waals surface area contributed by atoms with Crippen molar-refractivity contribution in [1.82, 2.24) is 5.32 Å². The van der Waals surface area contributed by atoms with E-state index in [9.17, 15) is 0 Å². The molecule has 2 aromatic rings. The van der Waals surface area contributed by atoms with Crippen LogP contribution in [0.4, 0.5) is 0 Å². The lowest BCUT2D eigenvalue weighted by atomic mass is 9.87. The van der Waals surface area contributed by atoms with Crippen molar-refractivity contribution in [2.24, 2.45) is 0 Å². The second kappa shape index (κ2) is 6.42. The first-order valence-electron chi connectivity index (χ1n) is 7.27. The van der Waals surface area contributed by atoms with E-state index in [4.69, 9.17) is 4.74 Å². The van der Waals surface area contributed by atoms with Crippen LogP contribution in [-0.4, -0.2) is 19.7 Å². The van der Waals surface area contributed by atoms with Gasteiger partial charge in [-0.25, -0.2) is 0 Å². The zero-order chi connectivity index (χ0) is 13.8. The molecule has 0 radical (unpaired) electrons. The molecule has 0 spiro atoms. The van der Waals surface area contributed by atoms with Gasteiger partial charge in [-0.2, -0.15) is 0 Å². The average molecular weight is 287 g/mol. The molecule has 1 aliphatic rings. The zero-order valence-corrected chi connectivity index (χ0v) is 12.7. The van der Waals surface area contributed by atoms with Crippen molar-refractivity contribution in [3.8, 4) is 5.75 Å². The maximum atomic E-state index is 5.46. The Morgan fingerprint density at radius 2 is 2.25 bits per heavy atom. The minimum atomic E-state index is 0.606. The average Bonchev–Trinajstić information content (AvgIpc) is 2.99. The lowest BCUT2D eigenvalue weighted by Gasteiger charge is -2.26. The number of benzene rings is 1. The van der Waals surface area contributed by atoms with Crippen LogP contribution >= 0.6 is 11.3 Å². The van der Waals surface area contributed by atoms with Crippen LogP contribution in [0.3, 0.4) is 0 Å². The summed E-state index contributed by atoms with van der Waals surface area (Å²) in [4.78, 5) is 1.47. The molecule has 3 rings (SSSR count). The second-order valence-electron chi connectivity index (χ2n) is 5.32. The van der Waals surface area contributed by atoms with Gasteiger partial charge in [0.1, 0.15) is 5.75 Å². The molecule has 0 fully saturated rings. The first kappa shape index (κ1) is 13.7. The van der Waals surface area contributed by atoms with Crippen LogP contribution in [0.1, 0.15) is 22.4 Å². The molecule has 2 nitrogen and oxygen atoms in total. The number of hydrogen-bond donors (Lipinski definition) is 1. The van der Waals surface area contributed by atoms with E-state index in [-0.39, 0.29) is 0 Å². The van der Waals surface area contributed by atoms with E-state index in [1.165, 1.54) is 22.4 Å². The fraction of sp³-hybridized carbons (Fsp3) is 0.412. The van der Waals surface area contributed by atoms with Gasteiger partial charge in [-0.05, 0) is 54.3 Å².